The maximum Gasteiger partial charge on any atom is 0.338 e. The molecule has 0 saturated heterocycles. The van der Waals surface area contributed by atoms with Crippen molar-refractivity contribution in [3.63, 3.8) is 0 Å². The lowest BCUT2D eigenvalue weighted by Crippen LogP contribution is -2.40. The fourth-order valence-electron chi connectivity index (χ4n) is 1.74. The Kier molecular flexibility index (Phi) is 5.38. The van der Waals surface area contributed by atoms with E-state index >= 15 is 0 Å². The van der Waals surface area contributed by atoms with Gasteiger partial charge in [-0.3, -0.25) is 9.59 Å². The molecule has 22 heavy (non-hydrogen) atoms. The lowest BCUT2D eigenvalue weighted by atomic mass is 10.2. The Morgan fingerprint density at radius 3 is 2.73 bits per heavy atom. The number of nitrogens with zero attached hydrogens (tertiary/aromatic N) is 1. The van der Waals surface area contributed by atoms with Gasteiger partial charge in [-0.05, 0) is 31.0 Å². The number of esters is 1. The standard InChI is InChI=1S/C15H17ClN2O4/c1-18(8-13(19)17-12-5-6-12)14(20)9-22-15(21)10-3-2-4-11(16)7-10/h2-4,7,12H,5-6,8-9H2,1H3,(H,17,19). The van der Waals surface area contributed by atoms with Gasteiger partial charge in [0.1, 0.15) is 0 Å². The molecule has 1 aromatic rings. The molecule has 118 valence electrons. The summed E-state index contributed by atoms with van der Waals surface area (Å²) >= 11 is 5.78. The molecule has 6 nitrogen and oxygen atoms in total. The van der Waals surface area contributed by atoms with Crippen molar-refractivity contribution in [2.75, 3.05) is 20.2 Å². The molecule has 2 amide bonds. The van der Waals surface area contributed by atoms with Crippen LogP contribution in [0, 0.1) is 0 Å². The highest BCUT2D eigenvalue weighted by atomic mass is 35.5. The minimum Gasteiger partial charge on any atom is -0.452 e. The van der Waals surface area contributed by atoms with Gasteiger partial charge in [-0.25, -0.2) is 4.79 Å². The molecule has 1 aliphatic rings. The molecule has 0 unspecified atom stereocenters. The zero-order chi connectivity index (χ0) is 16.1. The minimum absolute atomic E-state index is 0.0515. The second-order valence-electron chi connectivity index (χ2n) is 5.18. The van der Waals surface area contributed by atoms with Crippen molar-refractivity contribution >= 4 is 29.4 Å². The van der Waals surface area contributed by atoms with Crippen molar-refractivity contribution in [2.24, 2.45) is 0 Å². The molecule has 0 spiro atoms. The second kappa shape index (κ2) is 7.26. The first-order chi connectivity index (χ1) is 10.5. The Labute approximate surface area is 133 Å². The van der Waals surface area contributed by atoms with E-state index in [0.717, 1.165) is 12.8 Å². The summed E-state index contributed by atoms with van der Waals surface area (Å²) in [5, 5.41) is 3.19. The largest absolute Gasteiger partial charge is 0.452 e. The third-order valence-corrected chi connectivity index (χ3v) is 3.37. The van der Waals surface area contributed by atoms with Crippen LogP contribution in [0.15, 0.2) is 24.3 Å². The Hall–Kier alpha value is -2.08. The number of carbonyl (C=O) groups is 3. The molecule has 1 N–H and O–H groups in total. The van der Waals surface area contributed by atoms with Gasteiger partial charge in [0.25, 0.3) is 5.91 Å². The summed E-state index contributed by atoms with van der Waals surface area (Å²) in [7, 11) is 1.49. The van der Waals surface area contributed by atoms with Gasteiger partial charge >= 0.3 is 5.97 Å². The summed E-state index contributed by atoms with van der Waals surface area (Å²) in [6.45, 7) is -0.470. The van der Waals surface area contributed by atoms with Gasteiger partial charge in [-0.2, -0.15) is 0 Å². The van der Waals surface area contributed by atoms with E-state index in [1.54, 1.807) is 18.2 Å². The topological polar surface area (TPSA) is 75.7 Å². The van der Waals surface area contributed by atoms with Crippen LogP contribution in [0.25, 0.3) is 0 Å². The number of nitrogens with one attached hydrogen (secondary N) is 1. The molecule has 1 aliphatic carbocycles. The minimum atomic E-state index is -0.633. The maximum absolute atomic E-state index is 11.8. The van der Waals surface area contributed by atoms with E-state index in [0.29, 0.717) is 5.02 Å². The molecule has 0 bridgehead atoms. The Balaban J connectivity index is 1.76. The molecule has 7 heteroatoms. The number of ether oxygens (including phenoxy) is 1. The third kappa shape index (κ3) is 5.04. The fraction of sp³-hybridized carbons (Fsp3) is 0.400. The fourth-order valence-corrected chi connectivity index (χ4v) is 1.93. The Bertz CT molecular complexity index is 587. The Morgan fingerprint density at radius 2 is 2.09 bits per heavy atom. The summed E-state index contributed by atoms with van der Waals surface area (Å²) in [6, 6.07) is 6.51. The molecule has 0 aromatic heterocycles. The molecule has 1 aromatic carbocycles. The summed E-state index contributed by atoms with van der Waals surface area (Å²) in [4.78, 5) is 36.4. The van der Waals surface area contributed by atoms with Gasteiger partial charge < -0.3 is 15.0 Å². The van der Waals surface area contributed by atoms with Crippen molar-refractivity contribution in [2.45, 2.75) is 18.9 Å². The highest BCUT2D eigenvalue weighted by molar-refractivity contribution is 6.30. The lowest BCUT2D eigenvalue weighted by Gasteiger charge is -2.16. The molecule has 0 radical (unpaired) electrons. The van der Waals surface area contributed by atoms with Crippen LogP contribution in [-0.2, 0) is 14.3 Å². The number of rotatable bonds is 6. The zero-order valence-corrected chi connectivity index (χ0v) is 12.9. The average molecular weight is 325 g/mol. The number of carbonyl (C=O) groups excluding carboxylic acids is 3. The Morgan fingerprint density at radius 1 is 1.36 bits per heavy atom. The van der Waals surface area contributed by atoms with Gasteiger partial charge in [0, 0.05) is 18.1 Å². The molecule has 2 rings (SSSR count). The van der Waals surface area contributed by atoms with Crippen LogP contribution >= 0.6 is 11.6 Å². The number of halogens is 1. The highest BCUT2D eigenvalue weighted by Gasteiger charge is 2.24. The zero-order valence-electron chi connectivity index (χ0n) is 12.2. The van der Waals surface area contributed by atoms with Crippen LogP contribution in [-0.4, -0.2) is 48.9 Å². The van der Waals surface area contributed by atoms with Crippen LogP contribution in [0.2, 0.25) is 5.02 Å². The van der Waals surface area contributed by atoms with Gasteiger partial charge in [0.2, 0.25) is 5.91 Å². The number of amides is 2. The van der Waals surface area contributed by atoms with Gasteiger partial charge in [-0.1, -0.05) is 17.7 Å². The number of likely N-dealkylation sites (N-methyl/N-ethyl adjacent to an activating group) is 1. The molecule has 0 heterocycles. The molecule has 1 saturated carbocycles. The van der Waals surface area contributed by atoms with E-state index in [4.69, 9.17) is 16.3 Å². The van der Waals surface area contributed by atoms with E-state index in [1.165, 1.54) is 18.0 Å². The van der Waals surface area contributed by atoms with Crippen LogP contribution < -0.4 is 5.32 Å². The lowest BCUT2D eigenvalue weighted by molar-refractivity contribution is -0.137. The van der Waals surface area contributed by atoms with Crippen molar-refractivity contribution in [1.82, 2.24) is 10.2 Å². The first kappa shape index (κ1) is 16.3. The van der Waals surface area contributed by atoms with E-state index in [-0.39, 0.29) is 24.1 Å². The quantitative estimate of drug-likeness (QED) is 0.799. The first-order valence-electron chi connectivity index (χ1n) is 6.91. The predicted molar refractivity (Wildman–Crippen MR) is 80.5 cm³/mol. The van der Waals surface area contributed by atoms with Crippen LogP contribution in [0.5, 0.6) is 0 Å². The summed E-state index contributed by atoms with van der Waals surface area (Å²) in [5.74, 6) is -1.28. The van der Waals surface area contributed by atoms with Crippen molar-refractivity contribution < 1.29 is 19.1 Å². The number of hydrogen-bond acceptors (Lipinski definition) is 4. The number of hydrogen-bond donors (Lipinski definition) is 1. The van der Waals surface area contributed by atoms with E-state index in [1.807, 2.05) is 0 Å². The van der Waals surface area contributed by atoms with Crippen molar-refractivity contribution in [3.8, 4) is 0 Å². The van der Waals surface area contributed by atoms with Gasteiger partial charge in [0.05, 0.1) is 12.1 Å². The van der Waals surface area contributed by atoms with E-state index < -0.39 is 18.5 Å². The van der Waals surface area contributed by atoms with Crippen LogP contribution in [0.3, 0.4) is 0 Å². The van der Waals surface area contributed by atoms with E-state index in [2.05, 4.69) is 5.32 Å². The molecule has 0 atom stereocenters. The van der Waals surface area contributed by atoms with E-state index in [9.17, 15) is 14.4 Å². The smallest absolute Gasteiger partial charge is 0.338 e. The molecule has 1 fully saturated rings. The van der Waals surface area contributed by atoms with Crippen molar-refractivity contribution in [1.29, 1.82) is 0 Å². The van der Waals surface area contributed by atoms with Crippen LogP contribution in [0.4, 0.5) is 0 Å². The van der Waals surface area contributed by atoms with Gasteiger partial charge in [-0.15, -0.1) is 0 Å². The van der Waals surface area contributed by atoms with Gasteiger partial charge in [0.15, 0.2) is 6.61 Å². The average Bonchev–Trinajstić information content (AvgIpc) is 3.27. The monoisotopic (exact) mass is 324 g/mol. The second-order valence-corrected chi connectivity index (χ2v) is 5.61. The normalized spacial score (nSPS) is 13.4. The molecular formula is C15H17ClN2O4. The maximum atomic E-state index is 11.8. The molecular weight excluding hydrogens is 308 g/mol. The summed E-state index contributed by atoms with van der Waals surface area (Å²) in [5.41, 5.74) is 0.273. The van der Waals surface area contributed by atoms with Crippen LogP contribution in [0.1, 0.15) is 23.2 Å². The SMILES string of the molecule is CN(CC(=O)NC1CC1)C(=O)COC(=O)c1cccc(Cl)c1. The predicted octanol–water partition coefficient (Wildman–Crippen LogP) is 1.23. The van der Waals surface area contributed by atoms with Crippen molar-refractivity contribution in [3.05, 3.63) is 34.9 Å². The first-order valence-corrected chi connectivity index (χ1v) is 7.29. The number of benzene rings is 1. The molecule has 0 aliphatic heterocycles. The summed E-state index contributed by atoms with van der Waals surface area (Å²) < 4.78 is 4.92. The highest BCUT2D eigenvalue weighted by Crippen LogP contribution is 2.18. The summed E-state index contributed by atoms with van der Waals surface area (Å²) in [6.07, 6.45) is 1.97. The third-order valence-electron chi connectivity index (χ3n) is 3.14.